The van der Waals surface area contributed by atoms with E-state index in [1.165, 1.54) is 4.88 Å². The monoisotopic (exact) mass is 489 g/mol. The van der Waals surface area contributed by atoms with Crippen LogP contribution in [-0.4, -0.2) is 44.2 Å². The normalized spacial score (nSPS) is 15.5. The minimum absolute atomic E-state index is 0. The zero-order valence-electron chi connectivity index (χ0n) is 15.2. The number of hydrogen-bond acceptors (Lipinski definition) is 4. The van der Waals surface area contributed by atoms with Gasteiger partial charge in [-0.15, -0.1) is 35.3 Å². The maximum Gasteiger partial charge on any atom is 0.194 e. The second-order valence-corrected chi connectivity index (χ2v) is 7.44. The summed E-state index contributed by atoms with van der Waals surface area (Å²) in [7, 11) is 2.13. The van der Waals surface area contributed by atoms with Gasteiger partial charge in [-0.1, -0.05) is 6.07 Å². The number of thiophene rings is 1. The summed E-state index contributed by atoms with van der Waals surface area (Å²) in [6.45, 7) is 4.31. The largest absolute Gasteiger partial charge is 0.469 e. The Bertz CT molecular complexity index is 625. The van der Waals surface area contributed by atoms with Crippen molar-refractivity contribution >= 4 is 41.3 Å². The highest BCUT2D eigenvalue weighted by Gasteiger charge is 2.17. The molecule has 2 aromatic rings. The molecule has 3 heterocycles. The van der Waals surface area contributed by atoms with Crippen molar-refractivity contribution < 1.29 is 9.15 Å². The number of nitrogens with one attached hydrogen (secondary N) is 1. The number of ether oxygens (including phenoxy) is 1. The molecule has 0 radical (unpaired) electrons. The Morgan fingerprint density at radius 1 is 1.31 bits per heavy atom. The molecule has 0 bridgehead atoms. The standard InChI is InChI=1S/C19H27N3O2S.HI/c1-22(15-16-7-11-23-12-8-16)19(21-14-18-5-3-13-25-18)20-9-6-17-4-2-10-24-17;/h2-5,10,13,16H,6-9,11-12,14-15H2,1H3,(H,20,21);1H. The molecule has 1 fully saturated rings. The van der Waals surface area contributed by atoms with Gasteiger partial charge in [0.1, 0.15) is 5.76 Å². The van der Waals surface area contributed by atoms with Crippen molar-refractivity contribution in [3.8, 4) is 0 Å². The maximum absolute atomic E-state index is 5.47. The van der Waals surface area contributed by atoms with Crippen molar-refractivity contribution in [2.24, 2.45) is 10.9 Å². The van der Waals surface area contributed by atoms with E-state index < -0.39 is 0 Å². The van der Waals surface area contributed by atoms with Crippen molar-refractivity contribution in [2.45, 2.75) is 25.8 Å². The van der Waals surface area contributed by atoms with E-state index in [9.17, 15) is 0 Å². The van der Waals surface area contributed by atoms with Crippen LogP contribution in [0.3, 0.4) is 0 Å². The highest BCUT2D eigenvalue weighted by molar-refractivity contribution is 14.0. The van der Waals surface area contributed by atoms with Gasteiger partial charge in [-0.3, -0.25) is 0 Å². The van der Waals surface area contributed by atoms with Gasteiger partial charge in [-0.2, -0.15) is 0 Å². The van der Waals surface area contributed by atoms with Gasteiger partial charge in [-0.05, 0) is 42.3 Å². The van der Waals surface area contributed by atoms with Gasteiger partial charge in [0.15, 0.2) is 5.96 Å². The van der Waals surface area contributed by atoms with Gasteiger partial charge in [0, 0.05) is 44.6 Å². The van der Waals surface area contributed by atoms with Crippen LogP contribution >= 0.6 is 35.3 Å². The van der Waals surface area contributed by atoms with Gasteiger partial charge in [0.2, 0.25) is 0 Å². The SMILES string of the molecule is CN(CC1CCOCC1)C(=NCc1cccs1)NCCc1ccco1.I. The number of furan rings is 1. The fourth-order valence-corrected chi connectivity index (χ4v) is 3.65. The van der Waals surface area contributed by atoms with Crippen molar-refractivity contribution in [3.63, 3.8) is 0 Å². The number of guanidine groups is 1. The van der Waals surface area contributed by atoms with Gasteiger partial charge in [-0.25, -0.2) is 4.99 Å². The minimum atomic E-state index is 0. The van der Waals surface area contributed by atoms with E-state index in [1.54, 1.807) is 17.6 Å². The van der Waals surface area contributed by atoms with Crippen LogP contribution in [0.15, 0.2) is 45.3 Å². The average molecular weight is 489 g/mol. The summed E-state index contributed by atoms with van der Waals surface area (Å²) in [5.41, 5.74) is 0. The first-order valence-corrected chi connectivity index (χ1v) is 9.81. The molecule has 1 aliphatic rings. The van der Waals surface area contributed by atoms with Crippen LogP contribution < -0.4 is 5.32 Å². The molecule has 0 saturated carbocycles. The van der Waals surface area contributed by atoms with E-state index >= 15 is 0 Å². The predicted octanol–water partition coefficient (Wildman–Crippen LogP) is 4.01. The van der Waals surface area contributed by atoms with Crippen LogP contribution in [0.5, 0.6) is 0 Å². The van der Waals surface area contributed by atoms with Crippen LogP contribution in [0.25, 0.3) is 0 Å². The topological polar surface area (TPSA) is 50.0 Å². The zero-order chi connectivity index (χ0) is 17.3. The molecule has 0 spiro atoms. The molecular formula is C19H28IN3O2S. The fraction of sp³-hybridized carbons (Fsp3) is 0.526. The maximum atomic E-state index is 5.47. The zero-order valence-corrected chi connectivity index (χ0v) is 18.4. The lowest BCUT2D eigenvalue weighted by molar-refractivity contribution is 0.0610. The molecule has 0 amide bonds. The molecule has 5 nitrogen and oxygen atoms in total. The van der Waals surface area contributed by atoms with Crippen molar-refractivity contribution in [1.29, 1.82) is 0 Å². The average Bonchev–Trinajstić information content (AvgIpc) is 3.32. The predicted molar refractivity (Wildman–Crippen MR) is 117 cm³/mol. The van der Waals surface area contributed by atoms with Gasteiger partial charge < -0.3 is 19.4 Å². The molecule has 1 N–H and O–H groups in total. The lowest BCUT2D eigenvalue weighted by Crippen LogP contribution is -2.43. The molecule has 26 heavy (non-hydrogen) atoms. The molecule has 0 atom stereocenters. The fourth-order valence-electron chi connectivity index (χ4n) is 3.02. The lowest BCUT2D eigenvalue weighted by Gasteiger charge is -2.29. The van der Waals surface area contributed by atoms with Gasteiger partial charge in [0.05, 0.1) is 12.8 Å². The number of nitrogens with zero attached hydrogens (tertiary/aromatic N) is 2. The highest BCUT2D eigenvalue weighted by atomic mass is 127. The lowest BCUT2D eigenvalue weighted by atomic mass is 10.00. The van der Waals surface area contributed by atoms with E-state index in [4.69, 9.17) is 14.1 Å². The molecule has 1 saturated heterocycles. The van der Waals surface area contributed by atoms with Crippen LogP contribution in [0.2, 0.25) is 0 Å². The van der Waals surface area contributed by atoms with E-state index in [2.05, 4.69) is 34.8 Å². The minimum Gasteiger partial charge on any atom is -0.469 e. The first-order chi connectivity index (χ1) is 12.3. The van der Waals surface area contributed by atoms with Gasteiger partial charge in [0.25, 0.3) is 0 Å². The van der Waals surface area contributed by atoms with Crippen molar-refractivity contribution in [1.82, 2.24) is 10.2 Å². The molecule has 2 aromatic heterocycles. The third-order valence-electron chi connectivity index (χ3n) is 4.43. The molecule has 0 aromatic carbocycles. The van der Waals surface area contributed by atoms with E-state index in [0.717, 1.165) is 63.8 Å². The number of aliphatic imine (C=N–C) groups is 1. The summed E-state index contributed by atoms with van der Waals surface area (Å²) in [6, 6.07) is 8.15. The summed E-state index contributed by atoms with van der Waals surface area (Å²) >= 11 is 1.75. The summed E-state index contributed by atoms with van der Waals surface area (Å²) < 4.78 is 10.9. The van der Waals surface area contributed by atoms with E-state index in [0.29, 0.717) is 5.92 Å². The Hall–Kier alpha value is -1.06. The van der Waals surface area contributed by atoms with Crippen molar-refractivity contribution in [3.05, 3.63) is 46.5 Å². The quantitative estimate of drug-likeness (QED) is 0.363. The number of halogens is 1. The van der Waals surface area contributed by atoms with E-state index in [-0.39, 0.29) is 24.0 Å². The Kier molecular flexibility index (Phi) is 9.49. The first-order valence-electron chi connectivity index (χ1n) is 8.93. The van der Waals surface area contributed by atoms with Crippen LogP contribution in [0.1, 0.15) is 23.5 Å². The summed E-state index contributed by atoms with van der Waals surface area (Å²) in [5.74, 6) is 2.64. The van der Waals surface area contributed by atoms with Gasteiger partial charge >= 0.3 is 0 Å². The molecule has 7 heteroatoms. The number of rotatable bonds is 7. The second-order valence-electron chi connectivity index (χ2n) is 6.41. The smallest absolute Gasteiger partial charge is 0.194 e. The summed E-state index contributed by atoms with van der Waals surface area (Å²) in [4.78, 5) is 8.37. The van der Waals surface area contributed by atoms with Crippen LogP contribution in [0, 0.1) is 5.92 Å². The summed E-state index contributed by atoms with van der Waals surface area (Å²) in [5, 5.41) is 5.60. The van der Waals surface area contributed by atoms with Crippen LogP contribution in [0.4, 0.5) is 0 Å². The third-order valence-corrected chi connectivity index (χ3v) is 5.30. The Morgan fingerprint density at radius 2 is 2.15 bits per heavy atom. The highest BCUT2D eigenvalue weighted by Crippen LogP contribution is 2.16. The Balaban J connectivity index is 0.00000243. The molecule has 0 unspecified atom stereocenters. The Labute approximate surface area is 176 Å². The molecule has 0 aliphatic carbocycles. The third kappa shape index (κ3) is 6.92. The van der Waals surface area contributed by atoms with Crippen LogP contribution in [-0.2, 0) is 17.7 Å². The second kappa shape index (κ2) is 11.6. The number of hydrogen-bond donors (Lipinski definition) is 1. The summed E-state index contributed by atoms with van der Waals surface area (Å²) in [6.07, 6.45) is 4.85. The Morgan fingerprint density at radius 3 is 2.85 bits per heavy atom. The van der Waals surface area contributed by atoms with Crippen molar-refractivity contribution in [2.75, 3.05) is 33.4 Å². The van der Waals surface area contributed by atoms with E-state index in [1.807, 2.05) is 12.1 Å². The first kappa shape index (κ1) is 21.2. The molecule has 1 aliphatic heterocycles. The molecule has 144 valence electrons. The molecular weight excluding hydrogens is 461 g/mol. The molecule has 3 rings (SSSR count).